The number of nitrogens with two attached hydrogens (primary N) is 1. The van der Waals surface area contributed by atoms with Gasteiger partial charge in [0.25, 0.3) is 0 Å². The number of benzene rings is 1. The van der Waals surface area contributed by atoms with Gasteiger partial charge in [-0.05, 0) is 41.8 Å². The number of thioether (sulfide) groups is 1. The highest BCUT2D eigenvalue weighted by Gasteiger charge is 2.55. The number of rotatable bonds is 3. The van der Waals surface area contributed by atoms with Crippen LogP contribution in [0, 0.1) is 30.0 Å². The van der Waals surface area contributed by atoms with Gasteiger partial charge in [0.1, 0.15) is 11.6 Å². The van der Waals surface area contributed by atoms with E-state index in [1.165, 1.54) is 30.5 Å². The third-order valence-corrected chi connectivity index (χ3v) is 6.42. The molecule has 4 rings (SSSR count). The van der Waals surface area contributed by atoms with Crippen LogP contribution in [-0.2, 0) is 0 Å². The van der Waals surface area contributed by atoms with E-state index in [1.54, 1.807) is 23.9 Å². The summed E-state index contributed by atoms with van der Waals surface area (Å²) in [6.45, 7) is 2.12. The molecule has 6 heteroatoms. The Bertz CT molecular complexity index is 991. The summed E-state index contributed by atoms with van der Waals surface area (Å²) < 4.78 is 29.0. The Labute approximate surface area is 160 Å². The molecule has 3 nitrogen and oxygen atoms in total. The van der Waals surface area contributed by atoms with Crippen LogP contribution in [0.2, 0.25) is 0 Å². The van der Waals surface area contributed by atoms with Gasteiger partial charge in [-0.15, -0.1) is 6.42 Å². The minimum atomic E-state index is -0.518. The van der Waals surface area contributed by atoms with Gasteiger partial charge in [-0.1, -0.05) is 30.7 Å². The van der Waals surface area contributed by atoms with Gasteiger partial charge in [0.15, 0.2) is 5.17 Å². The van der Waals surface area contributed by atoms with Crippen LogP contribution in [-0.4, -0.2) is 15.4 Å². The number of terminal acetylenes is 1. The van der Waals surface area contributed by atoms with E-state index in [0.717, 1.165) is 0 Å². The highest BCUT2D eigenvalue weighted by atomic mass is 32.2. The first-order valence-corrected chi connectivity index (χ1v) is 9.45. The third kappa shape index (κ3) is 3.35. The molecule has 1 fully saturated rings. The SMILES string of the molecule is C#Cc1ccc(/C(F)=C/c2ccc(F)c(C3N=C(N)SC4C(C)C34)c2)nc1. The summed E-state index contributed by atoms with van der Waals surface area (Å²) in [6, 6.07) is 7.34. The smallest absolute Gasteiger partial charge is 0.154 e. The number of nitrogens with zero attached hydrogens (tertiary/aromatic N) is 2. The summed E-state index contributed by atoms with van der Waals surface area (Å²) in [5.41, 5.74) is 7.66. The van der Waals surface area contributed by atoms with Crippen molar-refractivity contribution >= 4 is 28.8 Å². The quantitative estimate of drug-likeness (QED) is 0.802. The van der Waals surface area contributed by atoms with Crippen LogP contribution >= 0.6 is 11.8 Å². The summed E-state index contributed by atoms with van der Waals surface area (Å²) in [7, 11) is 0. The van der Waals surface area contributed by atoms with Crippen molar-refractivity contribution < 1.29 is 8.78 Å². The lowest BCUT2D eigenvalue weighted by molar-refractivity contribution is 0.539. The molecule has 4 atom stereocenters. The van der Waals surface area contributed by atoms with Gasteiger partial charge in [-0.25, -0.2) is 8.78 Å². The second-order valence-corrected chi connectivity index (χ2v) is 7.98. The lowest BCUT2D eigenvalue weighted by atomic mass is 9.98. The molecule has 1 aromatic heterocycles. The van der Waals surface area contributed by atoms with Gasteiger partial charge < -0.3 is 5.73 Å². The molecule has 136 valence electrons. The number of aliphatic imine (C=N–C) groups is 1. The molecular formula is C21H17F2N3S. The van der Waals surface area contributed by atoms with Gasteiger partial charge in [0, 0.05) is 28.5 Å². The second-order valence-electron chi connectivity index (χ2n) is 6.78. The van der Waals surface area contributed by atoms with E-state index >= 15 is 0 Å². The average molecular weight is 381 g/mol. The van der Waals surface area contributed by atoms with Crippen LogP contribution in [0.15, 0.2) is 41.5 Å². The molecule has 0 saturated heterocycles. The number of hydrogen-bond donors (Lipinski definition) is 1. The van der Waals surface area contributed by atoms with Crippen molar-refractivity contribution in [1.29, 1.82) is 0 Å². The molecule has 1 saturated carbocycles. The zero-order chi connectivity index (χ0) is 19.1. The Morgan fingerprint density at radius 2 is 2.15 bits per heavy atom. The number of fused-ring (bicyclic) bond motifs is 1. The van der Waals surface area contributed by atoms with Gasteiger partial charge in [0.05, 0.1) is 11.7 Å². The lowest BCUT2D eigenvalue weighted by Gasteiger charge is -2.19. The second kappa shape index (κ2) is 6.82. The first-order chi connectivity index (χ1) is 13.0. The first kappa shape index (κ1) is 17.7. The third-order valence-electron chi connectivity index (χ3n) is 5.06. The molecule has 0 radical (unpaired) electrons. The van der Waals surface area contributed by atoms with Crippen molar-refractivity contribution in [3.05, 3.63) is 64.7 Å². The van der Waals surface area contributed by atoms with E-state index in [4.69, 9.17) is 12.2 Å². The summed E-state index contributed by atoms with van der Waals surface area (Å²) >= 11 is 1.55. The van der Waals surface area contributed by atoms with E-state index in [2.05, 4.69) is 22.8 Å². The maximum absolute atomic E-state index is 14.5. The fourth-order valence-electron chi connectivity index (χ4n) is 3.50. The van der Waals surface area contributed by atoms with Crippen LogP contribution in [0.25, 0.3) is 11.9 Å². The Kier molecular flexibility index (Phi) is 4.48. The minimum absolute atomic E-state index is 0.173. The fraction of sp³-hybridized carbons (Fsp3) is 0.238. The Hall–Kier alpha value is -2.65. The zero-order valence-corrected chi connectivity index (χ0v) is 15.4. The summed E-state index contributed by atoms with van der Waals surface area (Å²) in [5.74, 6) is 2.26. The first-order valence-electron chi connectivity index (χ1n) is 8.57. The van der Waals surface area contributed by atoms with E-state index in [1.807, 2.05) is 0 Å². The van der Waals surface area contributed by atoms with Crippen LogP contribution in [0.4, 0.5) is 8.78 Å². The largest absolute Gasteiger partial charge is 0.379 e. The van der Waals surface area contributed by atoms with Gasteiger partial charge in [-0.2, -0.15) is 0 Å². The normalized spacial score (nSPS) is 26.7. The standard InChI is InChI=1S/C21H17F2N3S/c1-3-12-5-7-17(25-10-12)16(23)9-13-4-6-15(22)14(8-13)19-18-11(2)20(18)27-21(24)26-19/h1,4-11,18-20H,2H3,(H2,24,26)/b16-9-. The van der Waals surface area contributed by atoms with Gasteiger partial charge >= 0.3 is 0 Å². The lowest BCUT2D eigenvalue weighted by Crippen LogP contribution is -2.17. The molecule has 2 heterocycles. The van der Waals surface area contributed by atoms with Crippen LogP contribution < -0.4 is 5.73 Å². The average Bonchev–Trinajstić information content (AvgIpc) is 3.32. The van der Waals surface area contributed by atoms with E-state index in [9.17, 15) is 8.78 Å². The van der Waals surface area contributed by atoms with Crippen LogP contribution in [0.1, 0.15) is 35.3 Å². The van der Waals surface area contributed by atoms with Gasteiger partial charge in [0.2, 0.25) is 0 Å². The monoisotopic (exact) mass is 381 g/mol. The fourth-order valence-corrected chi connectivity index (χ4v) is 4.81. The summed E-state index contributed by atoms with van der Waals surface area (Å²) in [4.78, 5) is 8.47. The summed E-state index contributed by atoms with van der Waals surface area (Å²) in [6.07, 6.45) is 8.05. The molecule has 2 N–H and O–H groups in total. The number of halogens is 2. The minimum Gasteiger partial charge on any atom is -0.379 e. The van der Waals surface area contributed by atoms with Gasteiger partial charge in [-0.3, -0.25) is 9.98 Å². The van der Waals surface area contributed by atoms with E-state index in [-0.39, 0.29) is 23.5 Å². The summed E-state index contributed by atoms with van der Waals surface area (Å²) in [5, 5.41) is 0.858. The predicted octanol–water partition coefficient (Wildman–Crippen LogP) is 4.41. The van der Waals surface area contributed by atoms with E-state index < -0.39 is 5.83 Å². The van der Waals surface area contributed by atoms with Crippen LogP contribution in [0.3, 0.4) is 0 Å². The van der Waals surface area contributed by atoms with E-state index in [0.29, 0.717) is 33.0 Å². The molecule has 0 bridgehead atoms. The van der Waals surface area contributed by atoms with Crippen LogP contribution in [0.5, 0.6) is 0 Å². The Morgan fingerprint density at radius 1 is 1.33 bits per heavy atom. The number of pyridine rings is 1. The topological polar surface area (TPSA) is 51.3 Å². The van der Waals surface area contributed by atoms with Crippen molar-refractivity contribution in [2.24, 2.45) is 22.6 Å². The predicted molar refractivity (Wildman–Crippen MR) is 106 cm³/mol. The van der Waals surface area contributed by atoms with Crippen molar-refractivity contribution in [2.45, 2.75) is 18.2 Å². The van der Waals surface area contributed by atoms with Crippen molar-refractivity contribution in [3.8, 4) is 12.3 Å². The number of amidine groups is 1. The molecule has 1 aliphatic heterocycles. The zero-order valence-electron chi connectivity index (χ0n) is 14.6. The van der Waals surface area contributed by atoms with Crippen molar-refractivity contribution in [1.82, 2.24) is 4.98 Å². The highest BCUT2D eigenvalue weighted by Crippen LogP contribution is 2.58. The molecule has 0 amide bonds. The maximum Gasteiger partial charge on any atom is 0.154 e. The molecule has 0 spiro atoms. The maximum atomic E-state index is 14.5. The van der Waals surface area contributed by atoms with Crippen molar-refractivity contribution in [2.75, 3.05) is 0 Å². The molecule has 2 aromatic rings. The molecule has 1 aromatic carbocycles. The Balaban J connectivity index is 1.66. The Morgan fingerprint density at radius 3 is 2.85 bits per heavy atom. The number of hydrogen-bond acceptors (Lipinski definition) is 4. The molecule has 27 heavy (non-hydrogen) atoms. The molecule has 2 aliphatic rings. The molecule has 1 aliphatic carbocycles. The molecule has 4 unspecified atom stereocenters. The van der Waals surface area contributed by atoms with Crippen molar-refractivity contribution in [3.63, 3.8) is 0 Å². The molecular weight excluding hydrogens is 364 g/mol. The highest BCUT2D eigenvalue weighted by molar-refractivity contribution is 8.14. The number of aromatic nitrogens is 1.